The maximum Gasteiger partial charge on any atom is 0.412 e. The van der Waals surface area contributed by atoms with Crippen molar-refractivity contribution >= 4 is 29.2 Å². The van der Waals surface area contributed by atoms with Gasteiger partial charge < -0.3 is 9.47 Å². The van der Waals surface area contributed by atoms with Gasteiger partial charge in [-0.25, -0.2) is 4.79 Å². The van der Waals surface area contributed by atoms with E-state index < -0.39 is 17.7 Å². The molecule has 7 nitrogen and oxygen atoms in total. The fraction of sp³-hybridized carbons (Fsp3) is 0.471. The van der Waals surface area contributed by atoms with Crippen molar-refractivity contribution in [2.45, 2.75) is 46.3 Å². The lowest BCUT2D eigenvalue weighted by Crippen LogP contribution is -2.47. The third-order valence-corrected chi connectivity index (χ3v) is 3.46. The van der Waals surface area contributed by atoms with Gasteiger partial charge in [0.2, 0.25) is 0 Å². The average molecular weight is 334 g/mol. The van der Waals surface area contributed by atoms with Gasteiger partial charge in [0, 0.05) is 5.69 Å². The van der Waals surface area contributed by atoms with E-state index in [9.17, 15) is 14.4 Å². The van der Waals surface area contributed by atoms with E-state index >= 15 is 0 Å². The quantitative estimate of drug-likeness (QED) is 0.918. The Kier molecular flexibility index (Phi) is 4.82. The molecule has 0 aliphatic carbocycles. The van der Waals surface area contributed by atoms with Gasteiger partial charge in [-0.3, -0.25) is 19.8 Å². The first-order valence-electron chi connectivity index (χ1n) is 7.68. The van der Waals surface area contributed by atoms with Crippen molar-refractivity contribution in [3.63, 3.8) is 0 Å². The molecule has 1 unspecified atom stereocenters. The summed E-state index contributed by atoms with van der Waals surface area (Å²) in [6.07, 6.45) is -0.600. The van der Waals surface area contributed by atoms with E-state index in [0.717, 1.165) is 0 Å². The molecule has 1 N–H and O–H groups in total. The molecule has 1 atom stereocenters. The molecule has 1 aromatic carbocycles. The highest BCUT2D eigenvalue weighted by molar-refractivity contribution is 6.04. The van der Waals surface area contributed by atoms with Crippen molar-refractivity contribution in [2.75, 3.05) is 16.8 Å². The molecule has 0 saturated carbocycles. The molecule has 1 aliphatic rings. The summed E-state index contributed by atoms with van der Waals surface area (Å²) in [6.45, 7) is 8.26. The van der Waals surface area contributed by atoms with Gasteiger partial charge in [-0.2, -0.15) is 0 Å². The molecule has 130 valence electrons. The molecule has 24 heavy (non-hydrogen) atoms. The number of hydrogen-bond donors (Lipinski definition) is 1. The molecule has 0 fully saturated rings. The molecular formula is C17H22N2O5. The summed E-state index contributed by atoms with van der Waals surface area (Å²) in [7, 11) is 0. The summed E-state index contributed by atoms with van der Waals surface area (Å²) in [5.74, 6) is 0.0405. The minimum absolute atomic E-state index is 0.122. The first-order valence-corrected chi connectivity index (χ1v) is 7.68. The zero-order chi connectivity index (χ0) is 18.1. The highest BCUT2D eigenvalue weighted by Crippen LogP contribution is 2.36. The van der Waals surface area contributed by atoms with Crippen LogP contribution in [0.4, 0.5) is 16.2 Å². The van der Waals surface area contributed by atoms with Crippen LogP contribution in [-0.4, -0.2) is 36.0 Å². The largest absolute Gasteiger partial charge is 0.482 e. The third kappa shape index (κ3) is 4.04. The van der Waals surface area contributed by atoms with Crippen LogP contribution in [0.2, 0.25) is 0 Å². The van der Waals surface area contributed by atoms with Gasteiger partial charge in [0.25, 0.3) is 5.91 Å². The molecule has 7 heteroatoms. The Hall–Kier alpha value is -2.57. The van der Waals surface area contributed by atoms with Gasteiger partial charge in [-0.15, -0.1) is 0 Å². The second kappa shape index (κ2) is 6.51. The Bertz CT molecular complexity index is 678. The van der Waals surface area contributed by atoms with Gasteiger partial charge in [0.1, 0.15) is 11.4 Å². The summed E-state index contributed by atoms with van der Waals surface area (Å²) in [5.41, 5.74) is 0.275. The van der Waals surface area contributed by atoms with Gasteiger partial charge in [0.05, 0.1) is 11.7 Å². The molecule has 2 rings (SSSR count). The fourth-order valence-electron chi connectivity index (χ4n) is 2.28. The number of carbonyl (C=O) groups excluding carboxylic acids is 3. The predicted octanol–water partition coefficient (Wildman–Crippen LogP) is 2.74. The van der Waals surface area contributed by atoms with Crippen molar-refractivity contribution in [1.29, 1.82) is 0 Å². The van der Waals surface area contributed by atoms with Crippen LogP contribution in [0.3, 0.4) is 0 Å². The second-order valence-electron chi connectivity index (χ2n) is 6.65. The number of nitrogens with one attached hydrogen (secondary N) is 1. The van der Waals surface area contributed by atoms with E-state index in [1.807, 2.05) is 0 Å². The number of ether oxygens (including phenoxy) is 2. The van der Waals surface area contributed by atoms with Crippen LogP contribution in [0.5, 0.6) is 5.75 Å². The van der Waals surface area contributed by atoms with E-state index in [0.29, 0.717) is 17.1 Å². The number of amides is 2. The zero-order valence-electron chi connectivity index (χ0n) is 14.5. The normalized spacial score (nSPS) is 15.2. The van der Waals surface area contributed by atoms with E-state index in [4.69, 9.17) is 9.47 Å². The van der Waals surface area contributed by atoms with Crippen molar-refractivity contribution in [2.24, 2.45) is 0 Å². The van der Waals surface area contributed by atoms with Crippen LogP contribution in [-0.2, 0) is 14.3 Å². The minimum atomic E-state index is -0.619. The van der Waals surface area contributed by atoms with E-state index in [-0.39, 0.29) is 18.3 Å². The van der Waals surface area contributed by atoms with E-state index in [1.165, 1.54) is 11.8 Å². The van der Waals surface area contributed by atoms with Crippen molar-refractivity contribution < 1.29 is 23.9 Å². The Morgan fingerprint density at radius 1 is 1.33 bits per heavy atom. The Labute approximate surface area is 140 Å². The number of carbonyl (C=O) groups is 3. The van der Waals surface area contributed by atoms with Crippen LogP contribution in [0.15, 0.2) is 18.2 Å². The smallest absolute Gasteiger partial charge is 0.412 e. The Morgan fingerprint density at radius 3 is 2.58 bits per heavy atom. The lowest BCUT2D eigenvalue weighted by molar-refractivity contribution is -0.125. The number of ketones is 1. The summed E-state index contributed by atoms with van der Waals surface area (Å²) in [5, 5.41) is 2.61. The third-order valence-electron chi connectivity index (χ3n) is 3.46. The number of hydrogen-bond acceptors (Lipinski definition) is 5. The minimum Gasteiger partial charge on any atom is -0.482 e. The lowest BCUT2D eigenvalue weighted by atomic mass is 10.1. The number of anilines is 2. The van der Waals surface area contributed by atoms with Crippen LogP contribution in [0, 0.1) is 0 Å². The number of benzene rings is 1. The number of Topliss-reactive ketones (excluding diaryl/α,β-unsaturated/α-hetero) is 1. The van der Waals surface area contributed by atoms with Gasteiger partial charge in [0.15, 0.2) is 12.4 Å². The molecule has 1 heterocycles. The number of rotatable bonds is 3. The van der Waals surface area contributed by atoms with Crippen LogP contribution in [0.1, 0.15) is 34.6 Å². The highest BCUT2D eigenvalue weighted by atomic mass is 16.6. The second-order valence-corrected chi connectivity index (χ2v) is 6.65. The topological polar surface area (TPSA) is 84.9 Å². The first kappa shape index (κ1) is 17.8. The van der Waals surface area contributed by atoms with Gasteiger partial charge >= 0.3 is 6.09 Å². The molecule has 0 aromatic heterocycles. The summed E-state index contributed by atoms with van der Waals surface area (Å²) in [4.78, 5) is 37.1. The van der Waals surface area contributed by atoms with Gasteiger partial charge in [-0.05, 0) is 52.8 Å². The first-order chi connectivity index (χ1) is 11.1. The molecule has 1 aromatic rings. The Balaban J connectivity index is 2.29. The SMILES string of the molecule is CC(=O)C(C)N1C(=O)COc2ccc(NC(=O)OC(C)(C)C)cc21. The highest BCUT2D eigenvalue weighted by Gasteiger charge is 2.32. The van der Waals surface area contributed by atoms with Gasteiger partial charge in [-0.1, -0.05) is 0 Å². The molecule has 0 spiro atoms. The zero-order valence-corrected chi connectivity index (χ0v) is 14.5. The van der Waals surface area contributed by atoms with Crippen LogP contribution in [0.25, 0.3) is 0 Å². The molecule has 0 saturated heterocycles. The molecule has 1 aliphatic heterocycles. The standard InChI is InChI=1S/C17H22N2O5/c1-10(11(2)20)19-13-8-12(18-16(22)24-17(3,4)5)6-7-14(13)23-9-15(19)21/h6-8,10H,9H2,1-5H3,(H,18,22). The van der Waals surface area contributed by atoms with E-state index in [1.54, 1.807) is 45.9 Å². The molecular weight excluding hydrogens is 312 g/mol. The van der Waals surface area contributed by atoms with E-state index in [2.05, 4.69) is 5.32 Å². The molecule has 0 bridgehead atoms. The fourth-order valence-corrected chi connectivity index (χ4v) is 2.28. The van der Waals surface area contributed by atoms with Crippen molar-refractivity contribution in [1.82, 2.24) is 0 Å². The predicted molar refractivity (Wildman–Crippen MR) is 89.4 cm³/mol. The lowest BCUT2D eigenvalue weighted by Gasteiger charge is -2.33. The monoisotopic (exact) mass is 334 g/mol. The maximum absolute atomic E-state index is 12.2. The number of fused-ring (bicyclic) bond motifs is 1. The van der Waals surface area contributed by atoms with Crippen molar-refractivity contribution in [3.05, 3.63) is 18.2 Å². The summed E-state index contributed by atoms with van der Waals surface area (Å²) < 4.78 is 10.6. The van der Waals surface area contributed by atoms with Crippen molar-refractivity contribution in [3.8, 4) is 5.75 Å². The summed E-state index contributed by atoms with van der Waals surface area (Å²) in [6, 6.07) is 4.27. The maximum atomic E-state index is 12.2. The average Bonchev–Trinajstić information content (AvgIpc) is 2.44. The molecule has 0 radical (unpaired) electrons. The Morgan fingerprint density at radius 2 is 2.00 bits per heavy atom. The van der Waals surface area contributed by atoms with Crippen LogP contribution < -0.4 is 15.0 Å². The van der Waals surface area contributed by atoms with Crippen LogP contribution >= 0.6 is 0 Å². The number of nitrogens with zero attached hydrogens (tertiary/aromatic N) is 1. The molecule has 2 amide bonds. The summed E-state index contributed by atoms with van der Waals surface area (Å²) >= 11 is 0.